The highest BCUT2D eigenvalue weighted by Crippen LogP contribution is 2.54. The number of carbonyl (C=O) groups excluding carboxylic acids is 1. The third kappa shape index (κ3) is 3.53. The molecule has 3 aliphatic rings. The van der Waals surface area contributed by atoms with Gasteiger partial charge in [0.15, 0.2) is 20.4 Å². The van der Waals surface area contributed by atoms with Gasteiger partial charge in [-0.15, -0.1) is 0 Å². The molecule has 0 unspecified atom stereocenters. The Bertz CT molecular complexity index is 557. The largest absolute Gasteiger partial charge is 0.410 e. The first-order valence-electron chi connectivity index (χ1n) is 9.70. The van der Waals surface area contributed by atoms with E-state index in [2.05, 4.69) is 40.8 Å². The van der Waals surface area contributed by atoms with Crippen molar-refractivity contribution in [2.45, 2.75) is 83.9 Å². The van der Waals surface area contributed by atoms with Gasteiger partial charge < -0.3 is 13.9 Å². The fourth-order valence-electron chi connectivity index (χ4n) is 4.30. The summed E-state index contributed by atoms with van der Waals surface area (Å²) < 4.78 is 18.5. The van der Waals surface area contributed by atoms with Crippen molar-refractivity contribution in [3.8, 4) is 0 Å². The lowest BCUT2D eigenvalue weighted by molar-refractivity contribution is -0.134. The highest BCUT2D eigenvalue weighted by Gasteiger charge is 2.52. The van der Waals surface area contributed by atoms with Crippen molar-refractivity contribution in [2.75, 3.05) is 13.2 Å². The van der Waals surface area contributed by atoms with Gasteiger partial charge in [-0.2, -0.15) is 0 Å². The van der Waals surface area contributed by atoms with Gasteiger partial charge >= 0.3 is 0 Å². The molecule has 3 rings (SSSR count). The van der Waals surface area contributed by atoms with E-state index in [4.69, 9.17) is 13.9 Å². The molecule has 2 aliphatic carbocycles. The molecule has 2 fully saturated rings. The first-order chi connectivity index (χ1) is 11.5. The quantitative estimate of drug-likeness (QED) is 0.692. The zero-order valence-corrected chi connectivity index (χ0v) is 17.7. The number of fused-ring (bicyclic) bond motifs is 1. The number of hydrogen-bond acceptors (Lipinski definition) is 4. The van der Waals surface area contributed by atoms with Crippen LogP contribution in [-0.4, -0.2) is 39.7 Å². The molecule has 3 atom stereocenters. The number of carbonyl (C=O) groups is 1. The highest BCUT2D eigenvalue weighted by molar-refractivity contribution is 6.74. The summed E-state index contributed by atoms with van der Waals surface area (Å²) in [6, 6.07) is 0. The van der Waals surface area contributed by atoms with E-state index in [1.165, 1.54) is 5.57 Å². The Hall–Kier alpha value is -0.493. The zero-order chi connectivity index (χ0) is 18.5. The number of ketones is 1. The van der Waals surface area contributed by atoms with E-state index in [0.717, 1.165) is 19.3 Å². The Labute approximate surface area is 153 Å². The summed E-state index contributed by atoms with van der Waals surface area (Å²) in [5.74, 6) is 0.554. The molecule has 0 aromatic rings. The predicted octanol–water partition coefficient (Wildman–Crippen LogP) is 4.46. The third-order valence-electron chi connectivity index (χ3n) is 6.99. The SMILES string of the molecule is CC(C)(C)[Si](C)(C)O[C@@H]1CC[C@H](C2OCCO2)[C@@]2(C)CCC(=O)C=C12. The van der Waals surface area contributed by atoms with E-state index in [1.54, 1.807) is 0 Å². The van der Waals surface area contributed by atoms with Gasteiger partial charge in [-0.3, -0.25) is 4.79 Å². The molecule has 0 spiro atoms. The Morgan fingerprint density at radius 2 is 1.84 bits per heavy atom. The van der Waals surface area contributed by atoms with Crippen LogP contribution in [0.2, 0.25) is 18.1 Å². The number of ether oxygens (including phenoxy) is 2. The second kappa shape index (κ2) is 6.59. The van der Waals surface area contributed by atoms with Crippen molar-refractivity contribution in [3.05, 3.63) is 11.6 Å². The van der Waals surface area contributed by atoms with E-state index in [0.29, 0.717) is 25.6 Å². The molecule has 0 aromatic carbocycles. The van der Waals surface area contributed by atoms with Crippen LogP contribution >= 0.6 is 0 Å². The average Bonchev–Trinajstić information content (AvgIpc) is 3.01. The highest BCUT2D eigenvalue weighted by atomic mass is 28.4. The number of hydrogen-bond donors (Lipinski definition) is 0. The van der Waals surface area contributed by atoms with E-state index < -0.39 is 8.32 Å². The van der Waals surface area contributed by atoms with Crippen LogP contribution in [0.3, 0.4) is 0 Å². The van der Waals surface area contributed by atoms with Crippen LogP contribution in [0.4, 0.5) is 0 Å². The normalized spacial score (nSPS) is 34.8. The molecule has 0 amide bonds. The molecular weight excluding hydrogens is 332 g/mol. The maximum atomic E-state index is 12.2. The number of allylic oxidation sites excluding steroid dienone is 1. The van der Waals surface area contributed by atoms with Crippen LogP contribution in [-0.2, 0) is 18.7 Å². The average molecular weight is 367 g/mol. The van der Waals surface area contributed by atoms with Crippen molar-refractivity contribution in [2.24, 2.45) is 11.3 Å². The Kier molecular flexibility index (Phi) is 5.08. The standard InChI is InChI=1S/C20H34O4Si/c1-19(2,3)25(5,6)24-17-8-7-15(18-22-11-12-23-18)20(4)10-9-14(21)13-16(17)20/h13,15,17-18H,7-12H2,1-6H3/t15-,17-,20-/m1/s1. The lowest BCUT2D eigenvalue weighted by atomic mass is 9.59. The molecule has 4 nitrogen and oxygen atoms in total. The maximum Gasteiger partial charge on any atom is 0.192 e. The van der Waals surface area contributed by atoms with Crippen LogP contribution in [0, 0.1) is 11.3 Å². The van der Waals surface area contributed by atoms with Gasteiger partial charge in [0.05, 0.1) is 19.3 Å². The lowest BCUT2D eigenvalue weighted by Crippen LogP contribution is -2.52. The summed E-state index contributed by atoms with van der Waals surface area (Å²) in [6.45, 7) is 15.1. The summed E-state index contributed by atoms with van der Waals surface area (Å²) in [5, 5.41) is 0.164. The van der Waals surface area contributed by atoms with Crippen LogP contribution in [0.1, 0.15) is 53.4 Å². The van der Waals surface area contributed by atoms with Gasteiger partial charge in [-0.25, -0.2) is 0 Å². The Morgan fingerprint density at radius 1 is 1.20 bits per heavy atom. The molecule has 1 aliphatic heterocycles. The smallest absolute Gasteiger partial charge is 0.192 e. The molecule has 1 saturated heterocycles. The van der Waals surface area contributed by atoms with Crippen molar-refractivity contribution in [1.82, 2.24) is 0 Å². The fourth-order valence-corrected chi connectivity index (χ4v) is 5.61. The predicted molar refractivity (Wildman–Crippen MR) is 101 cm³/mol. The zero-order valence-electron chi connectivity index (χ0n) is 16.7. The van der Waals surface area contributed by atoms with Crippen molar-refractivity contribution >= 4 is 14.1 Å². The molecule has 0 aromatic heterocycles. The monoisotopic (exact) mass is 366 g/mol. The molecule has 1 saturated carbocycles. The molecule has 5 heteroatoms. The molecule has 142 valence electrons. The topological polar surface area (TPSA) is 44.8 Å². The maximum absolute atomic E-state index is 12.2. The molecule has 0 bridgehead atoms. The molecule has 0 N–H and O–H groups in total. The van der Waals surface area contributed by atoms with Gasteiger partial charge in [-0.1, -0.05) is 27.7 Å². The summed E-state index contributed by atoms with van der Waals surface area (Å²) >= 11 is 0. The first-order valence-corrected chi connectivity index (χ1v) is 12.6. The molecular formula is C20H34O4Si. The van der Waals surface area contributed by atoms with Crippen molar-refractivity contribution < 1.29 is 18.7 Å². The van der Waals surface area contributed by atoms with Crippen LogP contribution in [0.5, 0.6) is 0 Å². The second-order valence-corrected chi connectivity index (χ2v) is 14.4. The van der Waals surface area contributed by atoms with Crippen LogP contribution in [0.25, 0.3) is 0 Å². The van der Waals surface area contributed by atoms with Gasteiger partial charge in [0.25, 0.3) is 0 Å². The number of rotatable bonds is 3. The summed E-state index contributed by atoms with van der Waals surface area (Å²) in [6.07, 6.45) is 5.31. The van der Waals surface area contributed by atoms with Gasteiger partial charge in [0.2, 0.25) is 0 Å². The summed E-state index contributed by atoms with van der Waals surface area (Å²) in [7, 11) is -1.89. The molecule has 0 radical (unpaired) electrons. The summed E-state index contributed by atoms with van der Waals surface area (Å²) in [4.78, 5) is 12.2. The van der Waals surface area contributed by atoms with Gasteiger partial charge in [-0.05, 0) is 54.5 Å². The lowest BCUT2D eigenvalue weighted by Gasteiger charge is -2.52. The minimum absolute atomic E-state index is 0.0613. The van der Waals surface area contributed by atoms with Crippen LogP contribution < -0.4 is 0 Å². The van der Waals surface area contributed by atoms with E-state index in [9.17, 15) is 4.79 Å². The minimum atomic E-state index is -1.89. The third-order valence-corrected chi connectivity index (χ3v) is 11.5. The van der Waals surface area contributed by atoms with Crippen LogP contribution in [0.15, 0.2) is 11.6 Å². The van der Waals surface area contributed by atoms with Gasteiger partial charge in [0.1, 0.15) is 0 Å². The van der Waals surface area contributed by atoms with Gasteiger partial charge in [0, 0.05) is 12.3 Å². The van der Waals surface area contributed by atoms with Crippen molar-refractivity contribution in [1.29, 1.82) is 0 Å². The van der Waals surface area contributed by atoms with Crippen molar-refractivity contribution in [3.63, 3.8) is 0 Å². The second-order valence-electron chi connectivity index (χ2n) is 9.64. The Morgan fingerprint density at radius 3 is 2.44 bits per heavy atom. The van der Waals surface area contributed by atoms with E-state index in [-0.39, 0.29) is 28.6 Å². The summed E-state index contributed by atoms with van der Waals surface area (Å²) in [5.41, 5.74) is 1.14. The van der Waals surface area contributed by atoms with E-state index >= 15 is 0 Å². The molecule has 25 heavy (non-hydrogen) atoms. The minimum Gasteiger partial charge on any atom is -0.410 e. The Balaban J connectivity index is 1.89. The first kappa shape index (κ1) is 19.3. The molecule has 1 heterocycles. The fraction of sp³-hybridized carbons (Fsp3) is 0.850. The van der Waals surface area contributed by atoms with E-state index in [1.807, 2.05) is 6.08 Å².